The van der Waals surface area contributed by atoms with Crippen molar-refractivity contribution in [3.05, 3.63) is 63.6 Å². The summed E-state index contributed by atoms with van der Waals surface area (Å²) >= 11 is 12.0. The molecule has 1 N–H and O–H groups in total. The van der Waals surface area contributed by atoms with Crippen LogP contribution in [-0.2, 0) is 10.3 Å². The molecule has 8 heteroatoms. The zero-order valence-corrected chi connectivity index (χ0v) is 15.5. The normalized spacial score (nSPS) is 19.9. The van der Waals surface area contributed by atoms with Crippen LogP contribution in [0.25, 0.3) is 0 Å². The van der Waals surface area contributed by atoms with Gasteiger partial charge in [-0.2, -0.15) is 5.10 Å². The van der Waals surface area contributed by atoms with Crippen molar-refractivity contribution >= 4 is 41.4 Å². The number of benzene rings is 2. The molecular formula is C18H15Cl2N3O3. The van der Waals surface area contributed by atoms with Gasteiger partial charge in [-0.05, 0) is 30.7 Å². The molecule has 0 unspecified atom stereocenters. The predicted octanol–water partition coefficient (Wildman–Crippen LogP) is 3.80. The number of ether oxygens (including phenoxy) is 1. The standard InChI is InChI=1S/C18H15Cl2N3O3/c1-18(12-6-8-13(26-2)9-7-12)16(24)23(17(25)22-18)21-10-11-4-3-5-14(19)15(11)20/h3-10H,1-2H3,(H,22,25)/b21-10-/t18-/m0/s1. The highest BCUT2D eigenvalue weighted by Crippen LogP contribution is 2.30. The van der Waals surface area contributed by atoms with Crippen molar-refractivity contribution in [3.8, 4) is 5.75 Å². The van der Waals surface area contributed by atoms with Crippen LogP contribution in [0.1, 0.15) is 18.1 Å². The van der Waals surface area contributed by atoms with Crippen molar-refractivity contribution in [2.75, 3.05) is 7.11 Å². The van der Waals surface area contributed by atoms with E-state index in [4.69, 9.17) is 27.9 Å². The van der Waals surface area contributed by atoms with Gasteiger partial charge in [-0.25, -0.2) is 4.79 Å². The number of methoxy groups -OCH3 is 1. The summed E-state index contributed by atoms with van der Waals surface area (Å²) < 4.78 is 5.11. The smallest absolute Gasteiger partial charge is 0.346 e. The second kappa shape index (κ2) is 6.97. The Morgan fingerprint density at radius 1 is 1.15 bits per heavy atom. The summed E-state index contributed by atoms with van der Waals surface area (Å²) in [5.41, 5.74) is -0.105. The van der Waals surface area contributed by atoms with E-state index in [9.17, 15) is 9.59 Å². The number of nitrogens with one attached hydrogen (secondary N) is 1. The molecule has 26 heavy (non-hydrogen) atoms. The highest BCUT2D eigenvalue weighted by Gasteiger charge is 2.49. The van der Waals surface area contributed by atoms with E-state index >= 15 is 0 Å². The van der Waals surface area contributed by atoms with E-state index in [0.29, 0.717) is 26.9 Å². The van der Waals surface area contributed by atoms with Crippen molar-refractivity contribution in [2.45, 2.75) is 12.5 Å². The van der Waals surface area contributed by atoms with E-state index in [2.05, 4.69) is 10.4 Å². The number of carbonyl (C=O) groups excluding carboxylic acids is 2. The molecule has 0 aliphatic carbocycles. The molecule has 3 rings (SSSR count). The van der Waals surface area contributed by atoms with Crippen LogP contribution in [0.3, 0.4) is 0 Å². The van der Waals surface area contributed by atoms with Crippen LogP contribution in [0, 0.1) is 0 Å². The lowest BCUT2D eigenvalue weighted by Crippen LogP contribution is -2.40. The van der Waals surface area contributed by atoms with Crippen LogP contribution in [-0.4, -0.2) is 30.3 Å². The van der Waals surface area contributed by atoms with E-state index in [1.54, 1.807) is 56.5 Å². The highest BCUT2D eigenvalue weighted by molar-refractivity contribution is 6.43. The Balaban J connectivity index is 1.88. The zero-order chi connectivity index (χ0) is 18.9. The van der Waals surface area contributed by atoms with Gasteiger partial charge in [0.05, 0.1) is 23.4 Å². The molecule has 0 bridgehead atoms. The number of carbonyl (C=O) groups is 2. The van der Waals surface area contributed by atoms with Gasteiger partial charge in [0.15, 0.2) is 0 Å². The lowest BCUT2D eigenvalue weighted by atomic mass is 9.92. The monoisotopic (exact) mass is 391 g/mol. The summed E-state index contributed by atoms with van der Waals surface area (Å²) in [5, 5.41) is 8.09. The van der Waals surface area contributed by atoms with Gasteiger partial charge in [-0.1, -0.05) is 47.5 Å². The fourth-order valence-corrected chi connectivity index (χ4v) is 2.95. The molecule has 1 atom stereocenters. The van der Waals surface area contributed by atoms with Crippen molar-refractivity contribution in [1.82, 2.24) is 10.3 Å². The third-order valence-electron chi connectivity index (χ3n) is 4.13. The van der Waals surface area contributed by atoms with Crippen molar-refractivity contribution in [1.29, 1.82) is 0 Å². The molecule has 1 aliphatic heterocycles. The minimum Gasteiger partial charge on any atom is -0.497 e. The van der Waals surface area contributed by atoms with Gasteiger partial charge in [0.2, 0.25) is 0 Å². The lowest BCUT2D eigenvalue weighted by Gasteiger charge is -2.21. The number of halogens is 2. The van der Waals surface area contributed by atoms with Gasteiger partial charge in [0.1, 0.15) is 11.3 Å². The summed E-state index contributed by atoms with van der Waals surface area (Å²) in [5.74, 6) is 0.154. The number of hydrazone groups is 1. The number of hydrogen-bond acceptors (Lipinski definition) is 4. The molecule has 134 valence electrons. The third kappa shape index (κ3) is 3.13. The molecule has 2 aromatic carbocycles. The average molecular weight is 392 g/mol. The third-order valence-corrected chi connectivity index (χ3v) is 4.96. The second-order valence-corrected chi connectivity index (χ2v) is 6.57. The van der Waals surface area contributed by atoms with Crippen LogP contribution in [0.5, 0.6) is 5.75 Å². The maximum atomic E-state index is 12.8. The minimum absolute atomic E-state index is 0.294. The zero-order valence-electron chi connectivity index (χ0n) is 14.0. The van der Waals surface area contributed by atoms with Crippen molar-refractivity contribution in [2.24, 2.45) is 5.10 Å². The van der Waals surface area contributed by atoms with E-state index < -0.39 is 17.5 Å². The van der Waals surface area contributed by atoms with E-state index in [1.807, 2.05) is 0 Å². The maximum absolute atomic E-state index is 12.8. The molecule has 1 saturated heterocycles. The van der Waals surface area contributed by atoms with Gasteiger partial charge in [0.25, 0.3) is 5.91 Å². The van der Waals surface area contributed by atoms with Gasteiger partial charge in [-0.3, -0.25) is 4.79 Å². The molecule has 1 heterocycles. The minimum atomic E-state index is -1.22. The quantitative estimate of drug-likeness (QED) is 0.636. The number of imide groups is 1. The molecule has 0 radical (unpaired) electrons. The largest absolute Gasteiger partial charge is 0.497 e. The average Bonchev–Trinajstić information content (AvgIpc) is 2.86. The van der Waals surface area contributed by atoms with Crippen molar-refractivity contribution in [3.63, 3.8) is 0 Å². The van der Waals surface area contributed by atoms with Gasteiger partial charge in [0, 0.05) is 5.56 Å². The lowest BCUT2D eigenvalue weighted by molar-refractivity contribution is -0.131. The number of hydrogen-bond donors (Lipinski definition) is 1. The molecule has 3 amide bonds. The topological polar surface area (TPSA) is 71.0 Å². The summed E-state index contributed by atoms with van der Waals surface area (Å²) in [7, 11) is 1.55. The van der Waals surface area contributed by atoms with Gasteiger partial charge in [-0.15, -0.1) is 5.01 Å². The van der Waals surface area contributed by atoms with Crippen LogP contribution >= 0.6 is 23.2 Å². The Bertz CT molecular complexity index is 899. The van der Waals surface area contributed by atoms with Crippen LogP contribution < -0.4 is 10.1 Å². The SMILES string of the molecule is COc1ccc([C@]2(C)NC(=O)N(/N=C\c3cccc(Cl)c3Cl)C2=O)cc1. The molecule has 0 saturated carbocycles. The fraction of sp³-hybridized carbons (Fsp3) is 0.167. The van der Waals surface area contributed by atoms with Gasteiger partial charge < -0.3 is 10.1 Å². The first-order chi connectivity index (χ1) is 12.4. The summed E-state index contributed by atoms with van der Waals surface area (Å²) in [6.07, 6.45) is 1.32. The maximum Gasteiger partial charge on any atom is 0.346 e. The Morgan fingerprint density at radius 2 is 1.85 bits per heavy atom. The number of amides is 3. The Hall–Kier alpha value is -2.57. The molecule has 0 aromatic heterocycles. The second-order valence-electron chi connectivity index (χ2n) is 5.79. The van der Waals surface area contributed by atoms with Crippen LogP contribution in [0.4, 0.5) is 4.79 Å². The number of urea groups is 1. The van der Waals surface area contributed by atoms with E-state index in [-0.39, 0.29) is 0 Å². The predicted molar refractivity (Wildman–Crippen MR) is 99.8 cm³/mol. The fourth-order valence-electron chi connectivity index (χ4n) is 2.59. The Kier molecular flexibility index (Phi) is 4.89. The number of nitrogens with zero attached hydrogens (tertiary/aromatic N) is 2. The highest BCUT2D eigenvalue weighted by atomic mass is 35.5. The van der Waals surface area contributed by atoms with E-state index in [0.717, 1.165) is 5.01 Å². The van der Waals surface area contributed by atoms with Crippen LogP contribution in [0.2, 0.25) is 10.0 Å². The molecule has 2 aromatic rings. The Morgan fingerprint density at radius 3 is 2.50 bits per heavy atom. The van der Waals surface area contributed by atoms with E-state index in [1.165, 1.54) is 6.21 Å². The first-order valence-electron chi connectivity index (χ1n) is 7.66. The first kappa shape index (κ1) is 18.2. The van der Waals surface area contributed by atoms with Crippen molar-refractivity contribution < 1.29 is 14.3 Å². The molecule has 0 spiro atoms. The summed E-state index contributed by atoms with van der Waals surface area (Å²) in [6, 6.07) is 11.3. The Labute approximate surface area is 160 Å². The summed E-state index contributed by atoms with van der Waals surface area (Å²) in [6.45, 7) is 1.62. The molecule has 1 aliphatic rings. The van der Waals surface area contributed by atoms with Crippen LogP contribution in [0.15, 0.2) is 47.6 Å². The molecule has 1 fully saturated rings. The molecular weight excluding hydrogens is 377 g/mol. The molecule has 6 nitrogen and oxygen atoms in total. The first-order valence-corrected chi connectivity index (χ1v) is 8.41. The summed E-state index contributed by atoms with van der Waals surface area (Å²) in [4.78, 5) is 25.1. The number of rotatable bonds is 4. The van der Waals surface area contributed by atoms with Gasteiger partial charge >= 0.3 is 6.03 Å².